The number of hydrogen-bond acceptors (Lipinski definition) is 6. The van der Waals surface area contributed by atoms with Crippen molar-refractivity contribution in [3.63, 3.8) is 0 Å². The molecule has 7 heteroatoms. The van der Waals surface area contributed by atoms with E-state index < -0.39 is 0 Å². The Morgan fingerprint density at radius 3 is 2.67 bits per heavy atom. The maximum absolute atomic E-state index is 13.0. The molecule has 0 aliphatic rings. The van der Waals surface area contributed by atoms with Gasteiger partial charge in [-0.3, -0.25) is 14.2 Å². The fraction of sp³-hybridized carbons (Fsp3) is 0.150. The van der Waals surface area contributed by atoms with Crippen molar-refractivity contribution < 1.29 is 8.83 Å². The Bertz CT molecular complexity index is 1130. The van der Waals surface area contributed by atoms with Crippen molar-refractivity contribution in [1.82, 2.24) is 9.38 Å². The van der Waals surface area contributed by atoms with Crippen molar-refractivity contribution >= 4 is 17.7 Å². The monoisotopic (exact) mass is 362 g/mol. The molecule has 0 radical (unpaired) electrons. The van der Waals surface area contributed by atoms with Gasteiger partial charge in [0, 0.05) is 12.4 Å². The van der Waals surface area contributed by atoms with E-state index in [9.17, 15) is 4.79 Å². The molecule has 0 amide bonds. The molecular formula is C20H18N4O3. The van der Waals surface area contributed by atoms with Crippen LogP contribution in [0.3, 0.4) is 0 Å². The molecule has 4 rings (SSSR count). The van der Waals surface area contributed by atoms with Crippen LogP contribution >= 0.6 is 0 Å². The molecule has 0 bridgehead atoms. The van der Waals surface area contributed by atoms with Crippen molar-refractivity contribution in [1.29, 1.82) is 0 Å². The van der Waals surface area contributed by atoms with Crippen LogP contribution in [0.4, 0.5) is 5.82 Å². The molecular weight excluding hydrogens is 344 g/mol. The summed E-state index contributed by atoms with van der Waals surface area (Å²) in [5.41, 5.74) is 1.72. The van der Waals surface area contributed by atoms with Crippen LogP contribution in [-0.2, 0) is 13.1 Å². The average molecular weight is 362 g/mol. The van der Waals surface area contributed by atoms with Gasteiger partial charge in [-0.05, 0) is 42.8 Å². The number of furan rings is 2. The second-order valence-corrected chi connectivity index (χ2v) is 6.05. The highest BCUT2D eigenvalue weighted by Gasteiger charge is 2.13. The van der Waals surface area contributed by atoms with Gasteiger partial charge < -0.3 is 14.2 Å². The van der Waals surface area contributed by atoms with E-state index in [4.69, 9.17) is 8.83 Å². The zero-order chi connectivity index (χ0) is 18.6. The number of anilines is 1. The van der Waals surface area contributed by atoms with E-state index in [0.29, 0.717) is 30.1 Å². The zero-order valence-electron chi connectivity index (χ0n) is 14.8. The van der Waals surface area contributed by atoms with Crippen LogP contribution in [0, 0.1) is 6.92 Å². The highest BCUT2D eigenvalue weighted by atomic mass is 16.3. The van der Waals surface area contributed by atoms with Gasteiger partial charge in [0.05, 0.1) is 25.6 Å². The number of nitrogens with zero attached hydrogens (tertiary/aromatic N) is 3. The van der Waals surface area contributed by atoms with Gasteiger partial charge in [-0.2, -0.15) is 0 Å². The molecule has 0 spiro atoms. The van der Waals surface area contributed by atoms with Gasteiger partial charge in [0.2, 0.25) is 0 Å². The molecule has 27 heavy (non-hydrogen) atoms. The molecule has 0 aliphatic carbocycles. The van der Waals surface area contributed by atoms with Gasteiger partial charge >= 0.3 is 0 Å². The normalized spacial score (nSPS) is 11.4. The van der Waals surface area contributed by atoms with E-state index >= 15 is 0 Å². The van der Waals surface area contributed by atoms with E-state index in [2.05, 4.69) is 15.3 Å². The standard InChI is InChI=1S/C20H18N4O3/c1-14-5-2-8-24-19(14)23-18(22-12-16-7-4-10-27-16)17(20(24)25)13-21-11-15-6-3-9-26-15/h2-10,13,22H,11-12H2,1H3. The number of fused-ring (bicyclic) bond motifs is 1. The number of hydrogen-bond donors (Lipinski definition) is 1. The number of nitrogens with one attached hydrogen (secondary N) is 1. The predicted octanol–water partition coefficient (Wildman–Crippen LogP) is 3.42. The maximum atomic E-state index is 13.0. The minimum atomic E-state index is -0.186. The lowest BCUT2D eigenvalue weighted by Crippen LogP contribution is -2.23. The Morgan fingerprint density at radius 2 is 1.93 bits per heavy atom. The van der Waals surface area contributed by atoms with Crippen LogP contribution in [0.25, 0.3) is 5.65 Å². The number of aliphatic imine (C=N–C) groups is 1. The first-order valence-electron chi connectivity index (χ1n) is 8.53. The fourth-order valence-electron chi connectivity index (χ4n) is 2.78. The topological polar surface area (TPSA) is 85.0 Å². The van der Waals surface area contributed by atoms with Gasteiger partial charge in [0.1, 0.15) is 28.5 Å². The van der Waals surface area contributed by atoms with Crippen LogP contribution in [-0.4, -0.2) is 15.6 Å². The minimum absolute atomic E-state index is 0.186. The summed E-state index contributed by atoms with van der Waals surface area (Å²) in [5, 5.41) is 3.19. The zero-order valence-corrected chi connectivity index (χ0v) is 14.8. The lowest BCUT2D eigenvalue weighted by atomic mass is 10.2. The summed E-state index contributed by atoms with van der Waals surface area (Å²) in [4.78, 5) is 22.0. The van der Waals surface area contributed by atoms with E-state index in [0.717, 1.165) is 17.1 Å². The van der Waals surface area contributed by atoms with Gasteiger partial charge in [-0.1, -0.05) is 6.07 Å². The molecule has 0 saturated heterocycles. The predicted molar refractivity (Wildman–Crippen MR) is 102 cm³/mol. The highest BCUT2D eigenvalue weighted by molar-refractivity contribution is 5.86. The fourth-order valence-corrected chi connectivity index (χ4v) is 2.78. The lowest BCUT2D eigenvalue weighted by molar-refractivity contribution is 0.513. The number of aryl methyl sites for hydroxylation is 1. The Kier molecular flexibility index (Phi) is 4.57. The summed E-state index contributed by atoms with van der Waals surface area (Å²) >= 11 is 0. The van der Waals surface area contributed by atoms with Crippen molar-refractivity contribution in [3.05, 3.63) is 88.1 Å². The third-order valence-corrected chi connectivity index (χ3v) is 4.14. The third kappa shape index (κ3) is 3.52. The lowest BCUT2D eigenvalue weighted by Gasteiger charge is -2.11. The summed E-state index contributed by atoms with van der Waals surface area (Å²) in [6, 6.07) is 11.1. The molecule has 4 heterocycles. The summed E-state index contributed by atoms with van der Waals surface area (Å²) in [5.74, 6) is 1.94. The summed E-state index contributed by atoms with van der Waals surface area (Å²) in [6.45, 7) is 2.68. The van der Waals surface area contributed by atoms with Crippen LogP contribution < -0.4 is 10.9 Å². The Labute approximate surface area is 155 Å². The Morgan fingerprint density at radius 1 is 1.15 bits per heavy atom. The Hall–Kier alpha value is -3.61. The molecule has 4 aromatic heterocycles. The highest BCUT2D eigenvalue weighted by Crippen LogP contribution is 2.14. The Balaban J connectivity index is 1.73. The summed E-state index contributed by atoms with van der Waals surface area (Å²) in [6.07, 6.45) is 6.45. The smallest absolute Gasteiger partial charge is 0.268 e. The number of rotatable bonds is 6. The third-order valence-electron chi connectivity index (χ3n) is 4.14. The second-order valence-electron chi connectivity index (χ2n) is 6.05. The van der Waals surface area contributed by atoms with E-state index in [1.165, 1.54) is 10.6 Å². The van der Waals surface area contributed by atoms with Gasteiger partial charge in [0.25, 0.3) is 5.56 Å². The quantitative estimate of drug-likeness (QED) is 0.531. The van der Waals surface area contributed by atoms with Gasteiger partial charge in [-0.15, -0.1) is 0 Å². The van der Waals surface area contributed by atoms with E-state index in [1.54, 1.807) is 24.8 Å². The molecule has 4 aromatic rings. The molecule has 0 atom stereocenters. The van der Waals surface area contributed by atoms with Gasteiger partial charge in [0.15, 0.2) is 0 Å². The SMILES string of the molecule is Cc1cccn2c(=O)c(C=NCc3ccco3)c(NCc3ccco3)nc12. The van der Waals surface area contributed by atoms with E-state index in [1.807, 2.05) is 37.3 Å². The molecule has 7 nitrogen and oxygen atoms in total. The molecule has 0 unspecified atom stereocenters. The minimum Gasteiger partial charge on any atom is -0.467 e. The van der Waals surface area contributed by atoms with Crippen LogP contribution in [0.2, 0.25) is 0 Å². The van der Waals surface area contributed by atoms with Crippen molar-refractivity contribution in [2.45, 2.75) is 20.0 Å². The number of aromatic nitrogens is 2. The van der Waals surface area contributed by atoms with Crippen molar-refractivity contribution in [2.75, 3.05) is 5.32 Å². The van der Waals surface area contributed by atoms with Crippen LogP contribution in [0.15, 0.2) is 73.7 Å². The van der Waals surface area contributed by atoms with E-state index in [-0.39, 0.29) is 5.56 Å². The molecule has 0 aliphatic heterocycles. The first kappa shape index (κ1) is 16.8. The first-order valence-corrected chi connectivity index (χ1v) is 8.53. The van der Waals surface area contributed by atoms with Crippen LogP contribution in [0.5, 0.6) is 0 Å². The summed E-state index contributed by atoms with van der Waals surface area (Å²) in [7, 11) is 0. The van der Waals surface area contributed by atoms with Crippen molar-refractivity contribution in [2.24, 2.45) is 4.99 Å². The molecule has 136 valence electrons. The first-order chi connectivity index (χ1) is 13.2. The van der Waals surface area contributed by atoms with Gasteiger partial charge in [-0.25, -0.2) is 4.98 Å². The number of pyridine rings is 1. The second kappa shape index (κ2) is 7.33. The largest absolute Gasteiger partial charge is 0.467 e. The average Bonchev–Trinajstić information content (AvgIpc) is 3.37. The van der Waals surface area contributed by atoms with Crippen LogP contribution in [0.1, 0.15) is 22.6 Å². The molecule has 0 fully saturated rings. The maximum Gasteiger partial charge on any atom is 0.268 e. The van der Waals surface area contributed by atoms with Crippen molar-refractivity contribution in [3.8, 4) is 0 Å². The molecule has 0 saturated carbocycles. The molecule has 1 N–H and O–H groups in total. The summed E-state index contributed by atoms with van der Waals surface area (Å²) < 4.78 is 12.2. The molecule has 0 aromatic carbocycles.